The maximum absolute atomic E-state index is 13.2. The van der Waals surface area contributed by atoms with Gasteiger partial charge in [-0.3, -0.25) is 14.4 Å². The van der Waals surface area contributed by atoms with Crippen molar-refractivity contribution >= 4 is 21.5 Å². The molecule has 0 atom stereocenters. The first kappa shape index (κ1) is 18.5. The smallest absolute Gasteiger partial charge is 0.264 e. The van der Waals surface area contributed by atoms with Crippen LogP contribution in [0.25, 0.3) is 0 Å². The van der Waals surface area contributed by atoms with Gasteiger partial charge in [-0.2, -0.15) is 8.42 Å². The van der Waals surface area contributed by atoms with E-state index in [1.807, 2.05) is 0 Å². The van der Waals surface area contributed by atoms with Crippen molar-refractivity contribution in [3.63, 3.8) is 0 Å². The van der Waals surface area contributed by atoms with Gasteiger partial charge < -0.3 is 0 Å². The van der Waals surface area contributed by atoms with Crippen LogP contribution >= 0.6 is 0 Å². The molecular formula is C15H12F2N2O5S. The number of nitrogens with zero attached hydrogens (tertiary/aromatic N) is 2. The lowest BCUT2D eigenvalue weighted by Crippen LogP contribution is -2.07. The molecule has 0 bridgehead atoms. The zero-order valence-electron chi connectivity index (χ0n) is 13.1. The fraction of sp³-hybridized carbons (Fsp3) is 0.133. The number of nitro groups is 1. The summed E-state index contributed by atoms with van der Waals surface area (Å²) < 4.78 is 55.0. The molecule has 0 radical (unpaired) electrons. The van der Waals surface area contributed by atoms with E-state index in [2.05, 4.69) is 9.44 Å². The molecule has 0 saturated carbocycles. The van der Waals surface area contributed by atoms with Crippen LogP contribution in [0.5, 0.6) is 0 Å². The van der Waals surface area contributed by atoms with Crippen LogP contribution in [0.2, 0.25) is 0 Å². The molecule has 0 amide bonds. The molecule has 0 aliphatic carbocycles. The highest BCUT2D eigenvalue weighted by atomic mass is 32.2. The standard InChI is InChI=1S/C15H12F2N2O5S/c1-9-3-5-12(19(20)21)8-15(9)25(22,23)24-18-10(2)11-4-6-13(16)14(17)7-11/h3-8H,1-2H3. The summed E-state index contributed by atoms with van der Waals surface area (Å²) in [6.07, 6.45) is 0. The zero-order valence-corrected chi connectivity index (χ0v) is 13.9. The highest BCUT2D eigenvalue weighted by molar-refractivity contribution is 7.86. The lowest BCUT2D eigenvalue weighted by atomic mass is 10.1. The number of oxime groups is 1. The van der Waals surface area contributed by atoms with Crippen LogP contribution in [0, 0.1) is 28.7 Å². The maximum atomic E-state index is 13.2. The van der Waals surface area contributed by atoms with Crippen LogP contribution in [0.15, 0.2) is 46.4 Å². The Bertz CT molecular complexity index is 974. The van der Waals surface area contributed by atoms with Crippen LogP contribution in [-0.2, 0) is 14.4 Å². The van der Waals surface area contributed by atoms with Crippen molar-refractivity contribution in [3.8, 4) is 0 Å². The van der Waals surface area contributed by atoms with E-state index in [1.54, 1.807) is 0 Å². The molecule has 0 aliphatic heterocycles. The van der Waals surface area contributed by atoms with E-state index in [-0.39, 0.29) is 16.8 Å². The molecule has 0 heterocycles. The molecule has 2 rings (SSSR count). The third-order valence-corrected chi connectivity index (χ3v) is 4.51. The summed E-state index contributed by atoms with van der Waals surface area (Å²) in [5.41, 5.74) is -0.101. The number of hydrogen-bond donors (Lipinski definition) is 0. The lowest BCUT2D eigenvalue weighted by molar-refractivity contribution is -0.385. The zero-order chi connectivity index (χ0) is 18.8. The Morgan fingerprint density at radius 3 is 2.44 bits per heavy atom. The molecule has 0 fully saturated rings. The van der Waals surface area contributed by atoms with E-state index < -0.39 is 37.3 Å². The summed E-state index contributed by atoms with van der Waals surface area (Å²) >= 11 is 0. The summed E-state index contributed by atoms with van der Waals surface area (Å²) in [5, 5.41) is 14.2. The SMILES string of the molecule is CC(=NOS(=O)(=O)c1cc([N+](=O)[O-])ccc1C)c1ccc(F)c(F)c1. The summed E-state index contributed by atoms with van der Waals surface area (Å²) in [4.78, 5) is 9.62. The van der Waals surface area contributed by atoms with Crippen molar-refractivity contribution in [3.05, 3.63) is 69.3 Å². The Morgan fingerprint density at radius 2 is 1.84 bits per heavy atom. The van der Waals surface area contributed by atoms with Gasteiger partial charge in [-0.1, -0.05) is 11.2 Å². The van der Waals surface area contributed by atoms with Crippen molar-refractivity contribution < 1.29 is 26.4 Å². The number of hydrogen-bond acceptors (Lipinski definition) is 6. The Balaban J connectivity index is 2.34. The first-order chi connectivity index (χ1) is 11.6. The van der Waals surface area contributed by atoms with Crippen molar-refractivity contribution in [2.75, 3.05) is 0 Å². The second-order valence-corrected chi connectivity index (χ2v) is 6.54. The van der Waals surface area contributed by atoms with Gasteiger partial charge in [0.05, 0.1) is 10.6 Å². The van der Waals surface area contributed by atoms with Gasteiger partial charge in [0.2, 0.25) is 0 Å². The van der Waals surface area contributed by atoms with Crippen LogP contribution < -0.4 is 0 Å². The molecule has 0 aliphatic rings. The fourth-order valence-electron chi connectivity index (χ4n) is 1.89. The van der Waals surface area contributed by atoms with Crippen LogP contribution in [0.3, 0.4) is 0 Å². The van der Waals surface area contributed by atoms with E-state index >= 15 is 0 Å². The second-order valence-electron chi connectivity index (χ2n) is 5.04. The van der Waals surface area contributed by atoms with Gasteiger partial charge in [-0.15, -0.1) is 0 Å². The van der Waals surface area contributed by atoms with E-state index in [9.17, 15) is 27.3 Å². The van der Waals surface area contributed by atoms with Crippen molar-refractivity contribution in [2.24, 2.45) is 5.16 Å². The molecule has 10 heteroatoms. The largest absolute Gasteiger partial charge is 0.358 e. The highest BCUT2D eigenvalue weighted by Crippen LogP contribution is 2.23. The lowest BCUT2D eigenvalue weighted by Gasteiger charge is -2.06. The van der Waals surface area contributed by atoms with Gasteiger partial charge in [-0.25, -0.2) is 8.78 Å². The Morgan fingerprint density at radius 1 is 1.16 bits per heavy atom. The molecule has 0 aromatic heterocycles. The van der Waals surface area contributed by atoms with Crippen molar-refractivity contribution in [1.82, 2.24) is 0 Å². The molecule has 2 aromatic carbocycles. The first-order valence-electron chi connectivity index (χ1n) is 6.80. The predicted octanol–water partition coefficient (Wildman–Crippen LogP) is 3.31. The first-order valence-corrected chi connectivity index (χ1v) is 8.21. The number of aryl methyl sites for hydroxylation is 1. The van der Waals surface area contributed by atoms with E-state index in [0.717, 1.165) is 24.3 Å². The minimum absolute atomic E-state index is 0.0226. The monoisotopic (exact) mass is 370 g/mol. The number of nitro benzene ring substituents is 1. The normalized spacial score (nSPS) is 12.1. The molecule has 7 nitrogen and oxygen atoms in total. The Kier molecular flexibility index (Phi) is 5.12. The van der Waals surface area contributed by atoms with Crippen molar-refractivity contribution in [2.45, 2.75) is 18.7 Å². The van der Waals surface area contributed by atoms with Gasteiger partial charge in [0, 0.05) is 17.7 Å². The van der Waals surface area contributed by atoms with Crippen LogP contribution in [0.4, 0.5) is 14.5 Å². The molecular weight excluding hydrogens is 358 g/mol. The summed E-state index contributed by atoms with van der Waals surface area (Å²) in [7, 11) is -4.43. The molecule has 25 heavy (non-hydrogen) atoms. The molecule has 0 N–H and O–H groups in total. The quantitative estimate of drug-likeness (QED) is 0.457. The van der Waals surface area contributed by atoms with E-state index in [4.69, 9.17) is 0 Å². The molecule has 0 spiro atoms. The number of rotatable bonds is 5. The van der Waals surface area contributed by atoms with Gasteiger partial charge in [0.1, 0.15) is 4.90 Å². The third-order valence-electron chi connectivity index (χ3n) is 3.26. The van der Waals surface area contributed by atoms with E-state index in [1.165, 1.54) is 26.0 Å². The summed E-state index contributed by atoms with van der Waals surface area (Å²) in [6.45, 7) is 2.77. The highest BCUT2D eigenvalue weighted by Gasteiger charge is 2.22. The maximum Gasteiger partial charge on any atom is 0.358 e. The number of non-ortho nitro benzene ring substituents is 1. The van der Waals surface area contributed by atoms with Gasteiger partial charge in [0.15, 0.2) is 11.6 Å². The molecule has 2 aromatic rings. The predicted molar refractivity (Wildman–Crippen MR) is 84.7 cm³/mol. The van der Waals surface area contributed by atoms with E-state index in [0.29, 0.717) is 0 Å². The third kappa shape index (κ3) is 4.15. The minimum atomic E-state index is -4.43. The van der Waals surface area contributed by atoms with Crippen LogP contribution in [0.1, 0.15) is 18.1 Å². The average molecular weight is 370 g/mol. The summed E-state index contributed by atoms with van der Waals surface area (Å²) in [5.74, 6) is -2.18. The molecule has 0 saturated heterocycles. The van der Waals surface area contributed by atoms with Gasteiger partial charge >= 0.3 is 10.1 Å². The number of halogens is 2. The van der Waals surface area contributed by atoms with Gasteiger partial charge in [0.25, 0.3) is 5.69 Å². The van der Waals surface area contributed by atoms with Crippen LogP contribution in [-0.4, -0.2) is 19.1 Å². The topological polar surface area (TPSA) is 98.9 Å². The number of benzene rings is 2. The molecule has 132 valence electrons. The Hall–Kier alpha value is -2.88. The second kappa shape index (κ2) is 6.93. The van der Waals surface area contributed by atoms with Crippen molar-refractivity contribution in [1.29, 1.82) is 0 Å². The summed E-state index contributed by atoms with van der Waals surface area (Å²) in [6, 6.07) is 6.18. The minimum Gasteiger partial charge on any atom is -0.264 e. The molecule has 0 unspecified atom stereocenters. The van der Waals surface area contributed by atoms with Gasteiger partial charge in [-0.05, 0) is 37.6 Å². The average Bonchev–Trinajstić information content (AvgIpc) is 2.55. The fourth-order valence-corrected chi connectivity index (χ4v) is 2.91. The Labute approximate surface area is 141 Å².